The molecule has 1 heterocycles. The molecule has 1 aromatic heterocycles. The largest absolute Gasteiger partial charge is 0.320 e. The molecule has 3 heteroatoms. The summed E-state index contributed by atoms with van der Waals surface area (Å²) in [7, 11) is 1.96. The molecule has 0 amide bonds. The first-order valence-corrected chi connectivity index (χ1v) is 5.51. The number of nitrogens with one attached hydrogen (secondary N) is 1. The lowest BCUT2D eigenvalue weighted by Gasteiger charge is -2.17. The standard InChI is InChI=1S/C12H21N3/c1-12(2,3)10-7-9-14-11(15-10)6-5-8-13-4/h7,9,13H,5-6,8H2,1-4H3. The van der Waals surface area contributed by atoms with Gasteiger partial charge in [-0.3, -0.25) is 0 Å². The van der Waals surface area contributed by atoms with Crippen molar-refractivity contribution >= 4 is 0 Å². The summed E-state index contributed by atoms with van der Waals surface area (Å²) in [6, 6.07) is 2.00. The molecule has 1 N–H and O–H groups in total. The van der Waals surface area contributed by atoms with Crippen molar-refractivity contribution in [2.24, 2.45) is 0 Å². The lowest BCUT2D eigenvalue weighted by molar-refractivity contribution is 0.559. The molecule has 84 valence electrons. The Bertz CT molecular complexity index is 302. The van der Waals surface area contributed by atoms with Crippen molar-refractivity contribution in [3.63, 3.8) is 0 Å². The molecule has 0 spiro atoms. The molecule has 0 aliphatic heterocycles. The third kappa shape index (κ3) is 3.96. The second-order valence-corrected chi connectivity index (χ2v) is 4.82. The van der Waals surface area contributed by atoms with E-state index in [1.165, 1.54) is 0 Å². The molecule has 0 bridgehead atoms. The van der Waals surface area contributed by atoms with E-state index in [-0.39, 0.29) is 5.41 Å². The van der Waals surface area contributed by atoms with Gasteiger partial charge in [-0.2, -0.15) is 0 Å². The highest BCUT2D eigenvalue weighted by Gasteiger charge is 2.15. The molecule has 3 nitrogen and oxygen atoms in total. The van der Waals surface area contributed by atoms with Gasteiger partial charge in [-0.25, -0.2) is 9.97 Å². The Kier molecular flexibility index (Phi) is 4.21. The summed E-state index contributed by atoms with van der Waals surface area (Å²) in [5, 5.41) is 3.13. The summed E-state index contributed by atoms with van der Waals surface area (Å²) < 4.78 is 0. The molecule has 15 heavy (non-hydrogen) atoms. The van der Waals surface area contributed by atoms with E-state index in [0.29, 0.717) is 0 Å². The first-order valence-electron chi connectivity index (χ1n) is 5.51. The Balaban J connectivity index is 2.66. The van der Waals surface area contributed by atoms with E-state index in [1.54, 1.807) is 0 Å². The Hall–Kier alpha value is -0.960. The minimum absolute atomic E-state index is 0.112. The lowest BCUT2D eigenvalue weighted by atomic mass is 9.92. The van der Waals surface area contributed by atoms with Crippen LogP contribution in [-0.2, 0) is 11.8 Å². The van der Waals surface area contributed by atoms with Crippen molar-refractivity contribution in [2.75, 3.05) is 13.6 Å². The fourth-order valence-electron chi connectivity index (χ4n) is 1.36. The van der Waals surface area contributed by atoms with Gasteiger partial charge in [0, 0.05) is 23.7 Å². The highest BCUT2D eigenvalue weighted by molar-refractivity contribution is 5.12. The number of hydrogen-bond acceptors (Lipinski definition) is 3. The van der Waals surface area contributed by atoms with Crippen molar-refractivity contribution in [3.8, 4) is 0 Å². The lowest BCUT2D eigenvalue weighted by Crippen LogP contribution is -2.15. The topological polar surface area (TPSA) is 37.8 Å². The van der Waals surface area contributed by atoms with Gasteiger partial charge in [0.2, 0.25) is 0 Å². The fraction of sp³-hybridized carbons (Fsp3) is 0.667. The molecule has 0 aliphatic rings. The number of aryl methyl sites for hydroxylation is 1. The van der Waals surface area contributed by atoms with E-state index < -0.39 is 0 Å². The smallest absolute Gasteiger partial charge is 0.128 e. The van der Waals surface area contributed by atoms with Crippen molar-refractivity contribution in [1.82, 2.24) is 15.3 Å². The molecular formula is C12H21N3. The van der Waals surface area contributed by atoms with Crippen LogP contribution in [0, 0.1) is 0 Å². The maximum absolute atomic E-state index is 4.58. The van der Waals surface area contributed by atoms with Gasteiger partial charge in [0.15, 0.2) is 0 Å². The van der Waals surface area contributed by atoms with Crippen molar-refractivity contribution in [3.05, 3.63) is 23.8 Å². The van der Waals surface area contributed by atoms with Crippen molar-refractivity contribution in [1.29, 1.82) is 0 Å². The molecule has 0 unspecified atom stereocenters. The Morgan fingerprint density at radius 2 is 2.07 bits per heavy atom. The van der Waals surface area contributed by atoms with E-state index in [1.807, 2.05) is 19.3 Å². The number of aromatic nitrogens is 2. The zero-order valence-electron chi connectivity index (χ0n) is 10.2. The summed E-state index contributed by atoms with van der Waals surface area (Å²) in [5.74, 6) is 0.956. The minimum Gasteiger partial charge on any atom is -0.320 e. The first-order chi connectivity index (χ1) is 7.04. The summed E-state index contributed by atoms with van der Waals surface area (Å²) in [6.07, 6.45) is 3.90. The second kappa shape index (κ2) is 5.21. The van der Waals surface area contributed by atoms with Crippen LogP contribution in [0.1, 0.15) is 38.7 Å². The van der Waals surface area contributed by atoms with Crippen LogP contribution in [0.4, 0.5) is 0 Å². The molecule has 0 radical (unpaired) electrons. The molecule has 0 saturated carbocycles. The van der Waals surface area contributed by atoms with Gasteiger partial charge < -0.3 is 5.32 Å². The second-order valence-electron chi connectivity index (χ2n) is 4.82. The fourth-order valence-corrected chi connectivity index (χ4v) is 1.36. The van der Waals surface area contributed by atoms with Gasteiger partial charge >= 0.3 is 0 Å². The normalized spacial score (nSPS) is 11.7. The van der Waals surface area contributed by atoms with Gasteiger partial charge in [-0.05, 0) is 26.1 Å². The summed E-state index contributed by atoms with van der Waals surface area (Å²) in [4.78, 5) is 8.86. The number of nitrogens with zero attached hydrogens (tertiary/aromatic N) is 2. The summed E-state index contributed by atoms with van der Waals surface area (Å²) in [6.45, 7) is 7.54. The quantitative estimate of drug-likeness (QED) is 0.767. The maximum Gasteiger partial charge on any atom is 0.128 e. The highest BCUT2D eigenvalue weighted by Crippen LogP contribution is 2.19. The van der Waals surface area contributed by atoms with Crippen LogP contribution in [0.15, 0.2) is 12.3 Å². The maximum atomic E-state index is 4.58. The predicted octanol–water partition coefficient (Wildman–Crippen LogP) is 1.93. The average molecular weight is 207 g/mol. The zero-order valence-corrected chi connectivity index (χ0v) is 10.2. The van der Waals surface area contributed by atoms with Crippen LogP contribution in [0.2, 0.25) is 0 Å². The molecular weight excluding hydrogens is 186 g/mol. The summed E-state index contributed by atoms with van der Waals surface area (Å²) in [5.41, 5.74) is 1.23. The van der Waals surface area contributed by atoms with E-state index >= 15 is 0 Å². The van der Waals surface area contributed by atoms with Crippen LogP contribution < -0.4 is 5.32 Å². The Morgan fingerprint density at radius 1 is 1.33 bits per heavy atom. The number of hydrogen-bond donors (Lipinski definition) is 1. The van der Waals surface area contributed by atoms with Crippen LogP contribution in [0.3, 0.4) is 0 Å². The Labute approximate surface area is 92.3 Å². The van der Waals surface area contributed by atoms with Crippen LogP contribution >= 0.6 is 0 Å². The average Bonchev–Trinajstić information content (AvgIpc) is 2.17. The summed E-state index contributed by atoms with van der Waals surface area (Å²) >= 11 is 0. The van der Waals surface area contributed by atoms with Crippen molar-refractivity contribution < 1.29 is 0 Å². The zero-order chi connectivity index (χ0) is 11.3. The van der Waals surface area contributed by atoms with E-state index in [0.717, 1.165) is 30.9 Å². The third-order valence-corrected chi connectivity index (χ3v) is 2.30. The van der Waals surface area contributed by atoms with Crippen molar-refractivity contribution in [2.45, 2.75) is 39.0 Å². The molecule has 1 rings (SSSR count). The SMILES string of the molecule is CNCCCc1nccc(C(C)(C)C)n1. The molecule has 0 fully saturated rings. The van der Waals surface area contributed by atoms with Crippen LogP contribution in [-0.4, -0.2) is 23.6 Å². The van der Waals surface area contributed by atoms with Gasteiger partial charge in [-0.15, -0.1) is 0 Å². The van der Waals surface area contributed by atoms with Crippen LogP contribution in [0.5, 0.6) is 0 Å². The first kappa shape index (κ1) is 12.1. The number of rotatable bonds is 4. The molecule has 0 atom stereocenters. The van der Waals surface area contributed by atoms with Gasteiger partial charge in [0.1, 0.15) is 5.82 Å². The van der Waals surface area contributed by atoms with Gasteiger partial charge in [-0.1, -0.05) is 20.8 Å². The van der Waals surface area contributed by atoms with E-state index in [4.69, 9.17) is 0 Å². The molecule has 0 aliphatic carbocycles. The molecule has 0 aromatic carbocycles. The monoisotopic (exact) mass is 207 g/mol. The minimum atomic E-state index is 0.112. The predicted molar refractivity (Wildman–Crippen MR) is 63.0 cm³/mol. The van der Waals surface area contributed by atoms with Gasteiger partial charge in [0.25, 0.3) is 0 Å². The Morgan fingerprint density at radius 3 is 2.67 bits per heavy atom. The van der Waals surface area contributed by atoms with Crippen LogP contribution in [0.25, 0.3) is 0 Å². The van der Waals surface area contributed by atoms with E-state index in [2.05, 4.69) is 36.1 Å². The molecule has 1 aromatic rings. The third-order valence-electron chi connectivity index (χ3n) is 2.30. The highest BCUT2D eigenvalue weighted by atomic mass is 14.9. The van der Waals surface area contributed by atoms with Gasteiger partial charge in [0.05, 0.1) is 0 Å². The van der Waals surface area contributed by atoms with E-state index in [9.17, 15) is 0 Å². The molecule has 0 saturated heterocycles.